The van der Waals surface area contributed by atoms with Crippen LogP contribution in [-0.2, 0) is 6.54 Å². The second kappa shape index (κ2) is 8.33. The molecule has 1 atom stereocenters. The molecule has 0 radical (unpaired) electrons. The Morgan fingerprint density at radius 1 is 1.06 bits per heavy atom. The lowest BCUT2D eigenvalue weighted by Crippen LogP contribution is -2.45. The van der Waals surface area contributed by atoms with Crippen LogP contribution in [0.1, 0.15) is 24.6 Å². The van der Waals surface area contributed by atoms with Crippen molar-refractivity contribution >= 4 is 29.2 Å². The lowest BCUT2D eigenvalue weighted by atomic mass is 9.73. The van der Waals surface area contributed by atoms with E-state index in [0.29, 0.717) is 15.9 Å². The minimum absolute atomic E-state index is 0.0234. The van der Waals surface area contributed by atoms with E-state index in [1.807, 2.05) is 16.9 Å². The summed E-state index contributed by atoms with van der Waals surface area (Å²) in [5.74, 6) is 0.744. The quantitative estimate of drug-likeness (QED) is 0.457. The molecule has 4 aromatic rings. The van der Waals surface area contributed by atoms with Gasteiger partial charge in [-0.1, -0.05) is 23.4 Å². The Balaban J connectivity index is 1.13. The van der Waals surface area contributed by atoms with Gasteiger partial charge in [0.05, 0.1) is 41.5 Å². The zero-order valence-electron chi connectivity index (χ0n) is 18.1. The molecule has 34 heavy (non-hydrogen) atoms. The van der Waals surface area contributed by atoms with Gasteiger partial charge in [0.2, 0.25) is 0 Å². The molecule has 1 spiro atoms. The van der Waals surface area contributed by atoms with Crippen LogP contribution in [-0.4, -0.2) is 47.6 Å². The highest BCUT2D eigenvalue weighted by atomic mass is 35.5. The summed E-state index contributed by atoms with van der Waals surface area (Å²) in [5.41, 5.74) is 7.79. The zero-order chi connectivity index (χ0) is 23.3. The van der Waals surface area contributed by atoms with E-state index >= 15 is 0 Å². The second-order valence-electron chi connectivity index (χ2n) is 8.61. The Kier molecular flexibility index (Phi) is 5.27. The summed E-state index contributed by atoms with van der Waals surface area (Å²) in [6.07, 6.45) is 11.3. The lowest BCUT2D eigenvalue weighted by Gasteiger charge is -2.41. The van der Waals surface area contributed by atoms with Crippen LogP contribution in [0.3, 0.4) is 0 Å². The topological polar surface area (TPSA) is 104 Å². The van der Waals surface area contributed by atoms with E-state index in [1.165, 1.54) is 22.6 Å². The van der Waals surface area contributed by atoms with Gasteiger partial charge in [-0.05, 0) is 25.0 Å². The van der Waals surface area contributed by atoms with Gasteiger partial charge in [0.25, 0.3) is 0 Å². The number of nitrogens with zero attached hydrogens (tertiary/aromatic N) is 8. The fourth-order valence-corrected chi connectivity index (χ4v) is 5.87. The molecule has 0 unspecified atom stereocenters. The Morgan fingerprint density at radius 3 is 2.62 bits per heavy atom. The van der Waals surface area contributed by atoms with Gasteiger partial charge < -0.3 is 10.6 Å². The first-order valence-electron chi connectivity index (χ1n) is 10.9. The minimum atomic E-state index is -0.457. The van der Waals surface area contributed by atoms with Gasteiger partial charge in [-0.2, -0.15) is 10.2 Å². The Bertz CT molecular complexity index is 1330. The molecule has 2 N–H and O–H groups in total. The summed E-state index contributed by atoms with van der Waals surface area (Å²) < 4.78 is 16.7. The van der Waals surface area contributed by atoms with Crippen molar-refractivity contribution in [1.82, 2.24) is 34.5 Å². The maximum Gasteiger partial charge on any atom is 0.173 e. The lowest BCUT2D eigenvalue weighted by molar-refractivity contribution is 0.170. The summed E-state index contributed by atoms with van der Waals surface area (Å²) >= 11 is 7.88. The van der Waals surface area contributed by atoms with Crippen molar-refractivity contribution < 1.29 is 4.39 Å². The van der Waals surface area contributed by atoms with Crippen molar-refractivity contribution in [3.8, 4) is 5.82 Å². The predicted octanol–water partition coefficient (Wildman–Crippen LogP) is 3.50. The number of hydrogen-bond acceptors (Lipinski definition) is 8. The number of anilines is 1. The molecule has 9 nitrogen and oxygen atoms in total. The van der Waals surface area contributed by atoms with Crippen LogP contribution >= 0.6 is 23.4 Å². The van der Waals surface area contributed by atoms with Crippen LogP contribution in [0, 0.1) is 11.2 Å². The van der Waals surface area contributed by atoms with E-state index < -0.39 is 5.82 Å². The average molecular weight is 498 g/mol. The van der Waals surface area contributed by atoms with E-state index in [9.17, 15) is 4.39 Å². The molecule has 6 rings (SSSR count). The van der Waals surface area contributed by atoms with Crippen molar-refractivity contribution in [2.45, 2.75) is 35.3 Å². The SMILES string of the molecule is N[C@@H]1c2ccnn2CC12CCN(c1cnc(Sc3ccnc(-n4cc(F)cn4)c3Cl)cn1)CC2. The van der Waals surface area contributed by atoms with Crippen molar-refractivity contribution in [2.75, 3.05) is 18.0 Å². The molecule has 0 amide bonds. The molecular formula is C22H21ClFN9S. The van der Waals surface area contributed by atoms with Crippen LogP contribution < -0.4 is 10.6 Å². The first-order valence-corrected chi connectivity index (χ1v) is 12.1. The highest BCUT2D eigenvalue weighted by Crippen LogP contribution is 2.47. The molecule has 0 aliphatic carbocycles. The number of halogens is 2. The van der Waals surface area contributed by atoms with E-state index in [0.717, 1.165) is 55.1 Å². The molecule has 174 valence electrons. The van der Waals surface area contributed by atoms with E-state index in [-0.39, 0.29) is 11.5 Å². The van der Waals surface area contributed by atoms with Crippen LogP contribution in [0.15, 0.2) is 59.2 Å². The van der Waals surface area contributed by atoms with Crippen LogP contribution in [0.2, 0.25) is 5.02 Å². The summed E-state index contributed by atoms with van der Waals surface area (Å²) in [5, 5.41) is 9.42. The summed E-state index contributed by atoms with van der Waals surface area (Å²) in [7, 11) is 0. The number of fused-ring (bicyclic) bond motifs is 1. The van der Waals surface area contributed by atoms with Gasteiger partial charge in [0, 0.05) is 42.3 Å². The minimum Gasteiger partial charge on any atom is -0.355 e. The van der Waals surface area contributed by atoms with Gasteiger partial charge in [0.15, 0.2) is 11.6 Å². The molecule has 6 heterocycles. The first-order chi connectivity index (χ1) is 16.5. The highest BCUT2D eigenvalue weighted by Gasteiger charge is 2.46. The van der Waals surface area contributed by atoms with Crippen molar-refractivity contribution in [3.63, 3.8) is 0 Å². The van der Waals surface area contributed by atoms with Gasteiger partial charge in [-0.25, -0.2) is 24.0 Å². The van der Waals surface area contributed by atoms with Gasteiger partial charge in [0.1, 0.15) is 10.8 Å². The van der Waals surface area contributed by atoms with Gasteiger partial charge in [-0.3, -0.25) is 4.68 Å². The Morgan fingerprint density at radius 2 is 1.91 bits per heavy atom. The molecule has 4 aromatic heterocycles. The van der Waals surface area contributed by atoms with Crippen LogP contribution in [0.25, 0.3) is 5.82 Å². The average Bonchev–Trinajstić information content (AvgIpc) is 3.55. The fourth-order valence-electron chi connectivity index (χ4n) is 4.81. The number of rotatable bonds is 4. The monoisotopic (exact) mass is 497 g/mol. The van der Waals surface area contributed by atoms with E-state index in [1.54, 1.807) is 24.7 Å². The maximum absolute atomic E-state index is 13.3. The number of nitrogens with two attached hydrogens (primary N) is 1. The predicted molar refractivity (Wildman–Crippen MR) is 126 cm³/mol. The van der Waals surface area contributed by atoms with Crippen LogP contribution in [0.5, 0.6) is 0 Å². The largest absolute Gasteiger partial charge is 0.355 e. The summed E-state index contributed by atoms with van der Waals surface area (Å²) in [6.45, 7) is 2.63. The summed E-state index contributed by atoms with van der Waals surface area (Å²) in [4.78, 5) is 16.4. The Hall–Kier alpha value is -3.02. The third-order valence-electron chi connectivity index (χ3n) is 6.71. The molecule has 2 aliphatic heterocycles. The fraction of sp³-hybridized carbons (Fsp3) is 0.318. The molecule has 1 saturated heterocycles. The molecule has 0 aromatic carbocycles. The van der Waals surface area contributed by atoms with Crippen LogP contribution in [0.4, 0.5) is 10.2 Å². The molecule has 2 aliphatic rings. The molecule has 0 saturated carbocycles. The van der Waals surface area contributed by atoms with Gasteiger partial charge >= 0.3 is 0 Å². The number of piperidine rings is 1. The smallest absolute Gasteiger partial charge is 0.173 e. The number of hydrogen-bond donors (Lipinski definition) is 1. The molecule has 0 bridgehead atoms. The molecule has 12 heteroatoms. The highest BCUT2D eigenvalue weighted by molar-refractivity contribution is 7.99. The van der Waals surface area contributed by atoms with Crippen molar-refractivity contribution in [2.24, 2.45) is 11.1 Å². The molecular weight excluding hydrogens is 477 g/mol. The third-order valence-corrected chi connectivity index (χ3v) is 8.17. The number of aromatic nitrogens is 7. The van der Waals surface area contributed by atoms with E-state index in [4.69, 9.17) is 17.3 Å². The maximum atomic E-state index is 13.3. The second-order valence-corrected chi connectivity index (χ2v) is 10.0. The third kappa shape index (κ3) is 3.64. The first kappa shape index (κ1) is 21.5. The summed E-state index contributed by atoms with van der Waals surface area (Å²) in [6, 6.07) is 3.83. The van der Waals surface area contributed by atoms with Crippen molar-refractivity contribution in [1.29, 1.82) is 0 Å². The van der Waals surface area contributed by atoms with E-state index in [2.05, 4.69) is 30.0 Å². The van der Waals surface area contributed by atoms with Crippen molar-refractivity contribution in [3.05, 3.63) is 65.8 Å². The normalized spacial score (nSPS) is 19.0. The Labute approximate surface area is 204 Å². The zero-order valence-corrected chi connectivity index (χ0v) is 19.6. The molecule has 1 fully saturated rings. The number of pyridine rings is 1. The standard InChI is InChI=1S/C22H21ClFN9S/c23-19-16(2-5-26-21(19)32-12-14(24)9-30-32)34-18-11-27-17(10-28-18)31-7-3-22(4-8-31)13-33-15(20(22)25)1-6-29-33/h1-2,5-6,9-12,20H,3-4,7-8,13,25H2/t20-/m1/s1. The van der Waals surface area contributed by atoms with Gasteiger partial charge in [-0.15, -0.1) is 0 Å².